The molecule has 4 heteroatoms. The van der Waals surface area contributed by atoms with E-state index in [0.717, 1.165) is 32.6 Å². The Balaban J connectivity index is 2.19. The fourth-order valence-corrected chi connectivity index (χ4v) is 1.57. The monoisotopic (exact) mass is 214 g/mol. The fourth-order valence-electron chi connectivity index (χ4n) is 1.57. The number of nitrogens with one attached hydrogen (secondary N) is 1. The molecule has 15 heavy (non-hydrogen) atoms. The van der Waals surface area contributed by atoms with E-state index in [1.807, 2.05) is 4.90 Å². The summed E-state index contributed by atoms with van der Waals surface area (Å²) in [7, 11) is 0. The van der Waals surface area contributed by atoms with E-state index in [4.69, 9.17) is 4.74 Å². The second kappa shape index (κ2) is 6.80. The maximum absolute atomic E-state index is 11.7. The second-order valence-corrected chi connectivity index (χ2v) is 4.39. The zero-order chi connectivity index (χ0) is 11.1. The molecule has 0 aliphatic carbocycles. The first-order chi connectivity index (χ1) is 7.20. The number of carbonyl (C=O) groups excluding carboxylic acids is 1. The molecule has 1 rings (SSSR count). The summed E-state index contributed by atoms with van der Waals surface area (Å²) in [5, 5.41) is 3.27. The van der Waals surface area contributed by atoms with Crippen LogP contribution in [0.3, 0.4) is 0 Å². The Morgan fingerprint density at radius 1 is 1.40 bits per heavy atom. The van der Waals surface area contributed by atoms with Crippen LogP contribution in [0.15, 0.2) is 0 Å². The van der Waals surface area contributed by atoms with Gasteiger partial charge < -0.3 is 15.0 Å². The third kappa shape index (κ3) is 5.14. The van der Waals surface area contributed by atoms with Crippen molar-refractivity contribution >= 4 is 5.91 Å². The highest BCUT2D eigenvalue weighted by Crippen LogP contribution is 1.98. The van der Waals surface area contributed by atoms with Gasteiger partial charge in [-0.1, -0.05) is 13.8 Å². The summed E-state index contributed by atoms with van der Waals surface area (Å²) in [5.74, 6) is 0.614. The van der Waals surface area contributed by atoms with Gasteiger partial charge in [-0.3, -0.25) is 4.79 Å². The molecule has 88 valence electrons. The van der Waals surface area contributed by atoms with Crippen molar-refractivity contribution in [1.29, 1.82) is 0 Å². The normalized spacial score (nSPS) is 17.9. The summed E-state index contributed by atoms with van der Waals surface area (Å²) in [4.78, 5) is 13.6. The molecule has 0 aromatic heterocycles. The molecule has 0 unspecified atom stereocenters. The van der Waals surface area contributed by atoms with Crippen molar-refractivity contribution in [2.75, 3.05) is 39.4 Å². The molecule has 1 fully saturated rings. The van der Waals surface area contributed by atoms with Gasteiger partial charge in [-0.15, -0.1) is 0 Å². The lowest BCUT2D eigenvalue weighted by Gasteiger charge is -2.20. The molecule has 0 atom stereocenters. The minimum absolute atomic E-state index is 0.124. The van der Waals surface area contributed by atoms with E-state index in [2.05, 4.69) is 19.2 Å². The number of amides is 1. The van der Waals surface area contributed by atoms with E-state index in [0.29, 0.717) is 12.5 Å². The summed E-state index contributed by atoms with van der Waals surface area (Å²) in [6.07, 6.45) is 1.04. The Hall–Kier alpha value is -0.610. The lowest BCUT2D eigenvalue weighted by Crippen LogP contribution is -2.36. The first-order valence-electron chi connectivity index (χ1n) is 5.76. The second-order valence-electron chi connectivity index (χ2n) is 4.39. The summed E-state index contributed by atoms with van der Waals surface area (Å²) < 4.78 is 5.34. The number of carbonyl (C=O) groups is 1. The van der Waals surface area contributed by atoms with Gasteiger partial charge in [-0.25, -0.2) is 0 Å². The first kappa shape index (κ1) is 12.5. The molecule has 0 bridgehead atoms. The van der Waals surface area contributed by atoms with E-state index >= 15 is 0 Å². The van der Waals surface area contributed by atoms with Gasteiger partial charge in [-0.2, -0.15) is 0 Å². The van der Waals surface area contributed by atoms with E-state index < -0.39 is 0 Å². The predicted octanol–water partition coefficient (Wildman–Crippen LogP) is 0.481. The smallest absolute Gasteiger partial charge is 0.248 e. The Morgan fingerprint density at radius 2 is 2.20 bits per heavy atom. The van der Waals surface area contributed by atoms with Gasteiger partial charge in [0, 0.05) is 26.2 Å². The van der Waals surface area contributed by atoms with Gasteiger partial charge >= 0.3 is 0 Å². The van der Waals surface area contributed by atoms with Crippen LogP contribution in [-0.2, 0) is 9.53 Å². The number of ether oxygens (including phenoxy) is 1. The molecule has 1 N–H and O–H groups in total. The molecule has 1 heterocycles. The van der Waals surface area contributed by atoms with E-state index in [-0.39, 0.29) is 12.5 Å². The van der Waals surface area contributed by atoms with Crippen LogP contribution in [0.25, 0.3) is 0 Å². The van der Waals surface area contributed by atoms with Gasteiger partial charge in [0.15, 0.2) is 0 Å². The van der Waals surface area contributed by atoms with Gasteiger partial charge in [0.25, 0.3) is 0 Å². The van der Waals surface area contributed by atoms with Crippen molar-refractivity contribution in [2.45, 2.75) is 20.3 Å². The largest absolute Gasteiger partial charge is 0.371 e. The Labute approximate surface area is 92.0 Å². The van der Waals surface area contributed by atoms with Crippen LogP contribution in [0.4, 0.5) is 0 Å². The minimum atomic E-state index is 0.124. The van der Waals surface area contributed by atoms with Gasteiger partial charge in [0.1, 0.15) is 6.61 Å². The Morgan fingerprint density at radius 3 is 2.93 bits per heavy atom. The van der Waals surface area contributed by atoms with Crippen molar-refractivity contribution in [1.82, 2.24) is 10.2 Å². The van der Waals surface area contributed by atoms with Crippen LogP contribution >= 0.6 is 0 Å². The molecular weight excluding hydrogens is 192 g/mol. The zero-order valence-corrected chi connectivity index (χ0v) is 9.79. The lowest BCUT2D eigenvalue weighted by atomic mass is 10.2. The lowest BCUT2D eigenvalue weighted by molar-refractivity contribution is -0.136. The highest BCUT2D eigenvalue weighted by atomic mass is 16.5. The first-order valence-corrected chi connectivity index (χ1v) is 5.76. The van der Waals surface area contributed by atoms with Crippen LogP contribution in [-0.4, -0.2) is 50.2 Å². The molecule has 4 nitrogen and oxygen atoms in total. The van der Waals surface area contributed by atoms with Gasteiger partial charge in [-0.05, 0) is 18.9 Å². The van der Waals surface area contributed by atoms with Gasteiger partial charge in [0.2, 0.25) is 5.91 Å². The molecule has 1 aliphatic heterocycles. The molecule has 1 amide bonds. The van der Waals surface area contributed by atoms with E-state index in [1.165, 1.54) is 0 Å². The molecular formula is C11H22N2O2. The maximum Gasteiger partial charge on any atom is 0.248 e. The Kier molecular flexibility index (Phi) is 5.65. The molecule has 0 spiro atoms. The van der Waals surface area contributed by atoms with Crippen molar-refractivity contribution in [3.63, 3.8) is 0 Å². The van der Waals surface area contributed by atoms with Crippen LogP contribution in [0.1, 0.15) is 20.3 Å². The van der Waals surface area contributed by atoms with Crippen molar-refractivity contribution in [3.8, 4) is 0 Å². The minimum Gasteiger partial charge on any atom is -0.371 e. The van der Waals surface area contributed by atoms with Crippen LogP contribution in [0.2, 0.25) is 0 Å². The van der Waals surface area contributed by atoms with Crippen molar-refractivity contribution < 1.29 is 9.53 Å². The number of rotatable bonds is 4. The number of hydrogen-bond acceptors (Lipinski definition) is 3. The highest BCUT2D eigenvalue weighted by Gasteiger charge is 2.14. The molecule has 1 saturated heterocycles. The van der Waals surface area contributed by atoms with Gasteiger partial charge in [0.05, 0.1) is 0 Å². The summed E-state index contributed by atoms with van der Waals surface area (Å²) in [6, 6.07) is 0. The standard InChI is InChI=1S/C11H22N2O2/c1-10(2)8-15-9-11(14)13-6-3-4-12-5-7-13/h10,12H,3-9H2,1-2H3. The molecule has 0 aromatic rings. The number of nitrogens with zero attached hydrogens (tertiary/aromatic N) is 1. The molecule has 1 aliphatic rings. The molecule has 0 saturated carbocycles. The third-order valence-corrected chi connectivity index (χ3v) is 2.37. The van der Waals surface area contributed by atoms with Crippen molar-refractivity contribution in [3.05, 3.63) is 0 Å². The average molecular weight is 214 g/mol. The highest BCUT2D eigenvalue weighted by molar-refractivity contribution is 5.77. The fraction of sp³-hybridized carbons (Fsp3) is 0.909. The molecule has 0 radical (unpaired) electrons. The Bertz CT molecular complexity index is 187. The predicted molar refractivity (Wildman–Crippen MR) is 59.7 cm³/mol. The topological polar surface area (TPSA) is 41.6 Å². The summed E-state index contributed by atoms with van der Waals surface area (Å²) >= 11 is 0. The van der Waals surface area contributed by atoms with Crippen LogP contribution in [0, 0.1) is 5.92 Å². The zero-order valence-electron chi connectivity index (χ0n) is 9.79. The summed E-state index contributed by atoms with van der Waals surface area (Å²) in [5.41, 5.74) is 0. The quantitative estimate of drug-likeness (QED) is 0.740. The van der Waals surface area contributed by atoms with Crippen LogP contribution in [0.5, 0.6) is 0 Å². The third-order valence-electron chi connectivity index (χ3n) is 2.37. The average Bonchev–Trinajstić information content (AvgIpc) is 2.44. The molecule has 0 aromatic carbocycles. The van der Waals surface area contributed by atoms with E-state index in [9.17, 15) is 4.79 Å². The van der Waals surface area contributed by atoms with Crippen molar-refractivity contribution in [2.24, 2.45) is 5.92 Å². The number of hydrogen-bond donors (Lipinski definition) is 1. The maximum atomic E-state index is 11.7. The van der Waals surface area contributed by atoms with Crippen LogP contribution < -0.4 is 5.32 Å². The SMILES string of the molecule is CC(C)COCC(=O)N1CCCNCC1. The summed E-state index contributed by atoms with van der Waals surface area (Å²) in [6.45, 7) is 8.64. The van der Waals surface area contributed by atoms with E-state index in [1.54, 1.807) is 0 Å².